The van der Waals surface area contributed by atoms with Gasteiger partial charge >= 0.3 is 0 Å². The molecular weight excluding hydrogens is 187 g/mol. The van der Waals surface area contributed by atoms with Crippen LogP contribution in [0.3, 0.4) is 0 Å². The van der Waals surface area contributed by atoms with Gasteiger partial charge < -0.3 is 15.6 Å². The highest BCUT2D eigenvalue weighted by Crippen LogP contribution is 2.14. The van der Waals surface area contributed by atoms with E-state index in [0.717, 1.165) is 25.3 Å². The molecular formula is C9H15FN2O2. The van der Waals surface area contributed by atoms with Crippen molar-refractivity contribution in [3.63, 3.8) is 0 Å². The second-order valence-corrected chi connectivity index (χ2v) is 3.15. The molecule has 0 aromatic carbocycles. The summed E-state index contributed by atoms with van der Waals surface area (Å²) in [7, 11) is 0. The predicted octanol–water partition coefficient (Wildman–Crippen LogP) is 0.716. The summed E-state index contributed by atoms with van der Waals surface area (Å²) in [6, 6.07) is 0. The summed E-state index contributed by atoms with van der Waals surface area (Å²) in [6.07, 6.45) is 3.35. The quantitative estimate of drug-likeness (QED) is 0.662. The first-order valence-corrected chi connectivity index (χ1v) is 4.64. The highest BCUT2D eigenvalue weighted by Gasteiger charge is 2.12. The summed E-state index contributed by atoms with van der Waals surface area (Å²) in [5.41, 5.74) is 5.29. The Bertz CT molecular complexity index is 235. The fourth-order valence-electron chi connectivity index (χ4n) is 1.20. The summed E-state index contributed by atoms with van der Waals surface area (Å²) >= 11 is 0. The lowest BCUT2D eigenvalue weighted by atomic mass is 10.2. The van der Waals surface area contributed by atoms with Gasteiger partial charge in [-0.1, -0.05) is 0 Å². The van der Waals surface area contributed by atoms with E-state index in [0.29, 0.717) is 6.61 Å². The average molecular weight is 202 g/mol. The van der Waals surface area contributed by atoms with E-state index in [9.17, 15) is 4.39 Å². The summed E-state index contributed by atoms with van der Waals surface area (Å²) in [6.45, 7) is 0.259. The first kappa shape index (κ1) is 11.1. The topological polar surface area (TPSA) is 67.8 Å². The second-order valence-electron chi connectivity index (χ2n) is 3.15. The molecule has 0 spiro atoms. The Hall–Kier alpha value is -0.940. The van der Waals surface area contributed by atoms with Crippen molar-refractivity contribution >= 4 is 5.97 Å². The molecule has 0 aromatic heterocycles. The molecule has 1 aliphatic rings. The lowest BCUT2D eigenvalue weighted by molar-refractivity contribution is 0.0218. The van der Waals surface area contributed by atoms with Gasteiger partial charge in [0, 0.05) is 18.4 Å². The fourth-order valence-corrected chi connectivity index (χ4v) is 1.20. The molecule has 4 nitrogen and oxygen atoms in total. The van der Waals surface area contributed by atoms with Crippen LogP contribution in [0.25, 0.3) is 0 Å². The Morgan fingerprint density at radius 2 is 2.43 bits per heavy atom. The molecule has 1 heterocycles. The van der Waals surface area contributed by atoms with Crippen LogP contribution in [0.4, 0.5) is 4.39 Å². The lowest BCUT2D eigenvalue weighted by Crippen LogP contribution is -2.17. The van der Waals surface area contributed by atoms with Crippen molar-refractivity contribution in [3.8, 4) is 0 Å². The fraction of sp³-hybridized carbons (Fsp3) is 0.667. The Labute approximate surface area is 82.3 Å². The smallest absolute Gasteiger partial charge is 0.212 e. The first-order chi connectivity index (χ1) is 6.72. The van der Waals surface area contributed by atoms with Gasteiger partial charge in [0.15, 0.2) is 6.23 Å². The zero-order chi connectivity index (χ0) is 10.4. The van der Waals surface area contributed by atoms with Crippen molar-refractivity contribution in [3.05, 3.63) is 11.8 Å². The molecule has 1 fully saturated rings. The number of rotatable bonds is 3. The molecule has 0 aliphatic carbocycles. The Kier molecular flexibility index (Phi) is 4.55. The van der Waals surface area contributed by atoms with E-state index in [1.165, 1.54) is 0 Å². The zero-order valence-electron chi connectivity index (χ0n) is 7.95. The summed E-state index contributed by atoms with van der Waals surface area (Å²) in [5.74, 6) is -0.691. The summed E-state index contributed by atoms with van der Waals surface area (Å²) < 4.78 is 18.2. The van der Waals surface area contributed by atoms with Gasteiger partial charge in [0.05, 0.1) is 6.61 Å². The standard InChI is InChI=1S/C9H15FN2O2/c10-8(5-7(11)6-13)12-9-3-1-2-4-14-9/h5,9,13H,1-4,6,11H2. The van der Waals surface area contributed by atoms with E-state index in [-0.39, 0.29) is 12.3 Å². The molecule has 1 aliphatic heterocycles. The maximum Gasteiger partial charge on any atom is 0.212 e. The van der Waals surface area contributed by atoms with Crippen LogP contribution in [-0.4, -0.2) is 30.5 Å². The van der Waals surface area contributed by atoms with Crippen LogP contribution >= 0.6 is 0 Å². The number of nitrogens with two attached hydrogens (primary N) is 1. The van der Waals surface area contributed by atoms with E-state index < -0.39 is 12.2 Å². The van der Waals surface area contributed by atoms with Crippen molar-refractivity contribution in [1.29, 1.82) is 0 Å². The molecule has 80 valence electrons. The number of hydrogen-bond acceptors (Lipinski definition) is 4. The number of aliphatic imine (C=N–C) groups is 1. The number of nitrogens with zero attached hydrogens (tertiary/aromatic N) is 1. The average Bonchev–Trinajstić information content (AvgIpc) is 2.19. The van der Waals surface area contributed by atoms with E-state index >= 15 is 0 Å². The van der Waals surface area contributed by atoms with Crippen molar-refractivity contribution < 1.29 is 14.2 Å². The van der Waals surface area contributed by atoms with Gasteiger partial charge in [-0.3, -0.25) is 0 Å². The van der Waals surface area contributed by atoms with E-state index in [1.54, 1.807) is 0 Å². The SMILES string of the molecule is NC(=CC(F)=NC1CCCCO1)CO. The maximum absolute atomic E-state index is 13.0. The van der Waals surface area contributed by atoms with E-state index in [4.69, 9.17) is 15.6 Å². The largest absolute Gasteiger partial charge is 0.400 e. The highest BCUT2D eigenvalue weighted by atomic mass is 19.1. The lowest BCUT2D eigenvalue weighted by Gasteiger charge is -2.18. The Morgan fingerprint density at radius 1 is 1.64 bits per heavy atom. The third kappa shape index (κ3) is 3.85. The molecule has 0 saturated carbocycles. The van der Waals surface area contributed by atoms with Crippen LogP contribution in [0.15, 0.2) is 16.8 Å². The van der Waals surface area contributed by atoms with Gasteiger partial charge in [0.2, 0.25) is 5.97 Å². The van der Waals surface area contributed by atoms with Crippen molar-refractivity contribution in [2.24, 2.45) is 10.7 Å². The highest BCUT2D eigenvalue weighted by molar-refractivity contribution is 5.87. The van der Waals surface area contributed by atoms with Crippen molar-refractivity contribution in [2.45, 2.75) is 25.5 Å². The third-order valence-electron chi connectivity index (χ3n) is 1.91. The van der Waals surface area contributed by atoms with Gasteiger partial charge in [-0.2, -0.15) is 4.39 Å². The maximum atomic E-state index is 13.0. The molecule has 0 amide bonds. The monoisotopic (exact) mass is 202 g/mol. The summed E-state index contributed by atoms with van der Waals surface area (Å²) in [5, 5.41) is 8.54. The minimum Gasteiger partial charge on any atom is -0.400 e. The molecule has 1 atom stereocenters. The van der Waals surface area contributed by atoms with Gasteiger partial charge in [-0.15, -0.1) is 0 Å². The normalized spacial score (nSPS) is 25.1. The molecule has 1 unspecified atom stereocenters. The molecule has 1 saturated heterocycles. The van der Waals surface area contributed by atoms with Crippen molar-refractivity contribution in [1.82, 2.24) is 0 Å². The molecule has 0 radical (unpaired) electrons. The van der Waals surface area contributed by atoms with Crippen LogP contribution in [0.2, 0.25) is 0 Å². The number of aliphatic hydroxyl groups excluding tert-OH is 1. The van der Waals surface area contributed by atoms with Gasteiger partial charge in [-0.05, 0) is 19.3 Å². The zero-order valence-corrected chi connectivity index (χ0v) is 7.95. The Morgan fingerprint density at radius 3 is 3.00 bits per heavy atom. The van der Waals surface area contributed by atoms with Crippen molar-refractivity contribution in [2.75, 3.05) is 13.2 Å². The van der Waals surface area contributed by atoms with Gasteiger partial charge in [0.25, 0.3) is 0 Å². The van der Waals surface area contributed by atoms with Crippen LogP contribution in [0, 0.1) is 0 Å². The number of hydrogen-bond donors (Lipinski definition) is 2. The molecule has 5 heteroatoms. The van der Waals surface area contributed by atoms with Gasteiger partial charge in [0.1, 0.15) is 0 Å². The van der Waals surface area contributed by atoms with Gasteiger partial charge in [-0.25, -0.2) is 4.99 Å². The number of allylic oxidation sites excluding steroid dienone is 1. The van der Waals surface area contributed by atoms with E-state index in [1.807, 2.05) is 0 Å². The molecule has 0 aromatic rings. The summed E-state index contributed by atoms with van der Waals surface area (Å²) in [4.78, 5) is 3.68. The first-order valence-electron chi connectivity index (χ1n) is 4.64. The molecule has 14 heavy (non-hydrogen) atoms. The molecule has 3 N–H and O–H groups in total. The second kappa shape index (κ2) is 5.72. The van der Waals surface area contributed by atoms with Crippen LogP contribution in [0.1, 0.15) is 19.3 Å². The minimum atomic E-state index is -0.691. The van der Waals surface area contributed by atoms with E-state index in [2.05, 4.69) is 4.99 Å². The number of aliphatic hydroxyl groups is 1. The third-order valence-corrected chi connectivity index (χ3v) is 1.91. The van der Waals surface area contributed by atoms with Crippen LogP contribution in [0.5, 0.6) is 0 Å². The van der Waals surface area contributed by atoms with Crippen LogP contribution < -0.4 is 5.73 Å². The Balaban J connectivity index is 2.49. The number of halogens is 1. The number of ether oxygens (including phenoxy) is 1. The predicted molar refractivity (Wildman–Crippen MR) is 51.5 cm³/mol. The minimum absolute atomic E-state index is 0.0575. The molecule has 1 rings (SSSR count). The van der Waals surface area contributed by atoms with Crippen LogP contribution in [-0.2, 0) is 4.74 Å². The molecule has 0 bridgehead atoms.